The van der Waals surface area contributed by atoms with Crippen LogP contribution in [0.4, 0.5) is 0 Å². The molecule has 1 unspecified atom stereocenters. The summed E-state index contributed by atoms with van der Waals surface area (Å²) < 4.78 is 1.03. The Morgan fingerprint density at radius 3 is 2.32 bits per heavy atom. The molecule has 108 valence electrons. The van der Waals surface area contributed by atoms with E-state index in [1.54, 1.807) is 0 Å². The normalized spacial score (nSPS) is 12.9. The molecule has 0 radical (unpaired) electrons. The molecule has 0 aliphatic carbocycles. The predicted molar refractivity (Wildman–Crippen MR) is 85.4 cm³/mol. The molecule has 0 saturated heterocycles. The molecule has 0 saturated carbocycles. The summed E-state index contributed by atoms with van der Waals surface area (Å²) in [4.78, 5) is 2.39. The zero-order valence-electron chi connectivity index (χ0n) is 12.1. The van der Waals surface area contributed by atoms with E-state index in [0.29, 0.717) is 0 Å². The van der Waals surface area contributed by atoms with Crippen molar-refractivity contribution in [1.29, 1.82) is 0 Å². The summed E-state index contributed by atoms with van der Waals surface area (Å²) in [5.41, 5.74) is 0.993. The smallest absolute Gasteiger partial charge is 0.0917 e. The van der Waals surface area contributed by atoms with E-state index in [1.165, 1.54) is 25.7 Å². The molecular weight excluding hydrogens is 302 g/mol. The molecule has 0 bridgehead atoms. The average molecular weight is 328 g/mol. The maximum absolute atomic E-state index is 10.4. The third kappa shape index (κ3) is 6.55. The summed E-state index contributed by atoms with van der Waals surface area (Å²) in [5, 5.41) is 10.4. The van der Waals surface area contributed by atoms with Crippen molar-refractivity contribution in [2.75, 3.05) is 19.6 Å². The van der Waals surface area contributed by atoms with Crippen LogP contribution in [0.5, 0.6) is 0 Å². The van der Waals surface area contributed by atoms with Crippen molar-refractivity contribution in [2.24, 2.45) is 0 Å². The average Bonchev–Trinajstić information content (AvgIpc) is 2.41. The number of unbranched alkanes of at least 4 members (excludes halogenated alkanes) is 2. The first-order valence-electron chi connectivity index (χ1n) is 7.33. The highest BCUT2D eigenvalue weighted by atomic mass is 79.9. The number of rotatable bonds is 9. The topological polar surface area (TPSA) is 23.5 Å². The highest BCUT2D eigenvalue weighted by molar-refractivity contribution is 9.10. The minimum absolute atomic E-state index is 0.397. The molecular formula is C16H26BrNO. The van der Waals surface area contributed by atoms with Gasteiger partial charge in [-0.2, -0.15) is 0 Å². The van der Waals surface area contributed by atoms with Gasteiger partial charge in [-0.05, 0) is 43.6 Å². The number of benzene rings is 1. The van der Waals surface area contributed by atoms with Crippen molar-refractivity contribution < 1.29 is 5.11 Å². The van der Waals surface area contributed by atoms with Crippen molar-refractivity contribution in [3.05, 3.63) is 34.3 Å². The Bertz CT molecular complexity index is 348. The van der Waals surface area contributed by atoms with E-state index in [9.17, 15) is 5.11 Å². The number of halogens is 1. The first-order valence-corrected chi connectivity index (χ1v) is 8.12. The number of aliphatic hydroxyl groups excluding tert-OH is 1. The van der Waals surface area contributed by atoms with E-state index in [-0.39, 0.29) is 0 Å². The Kier molecular flexibility index (Phi) is 8.35. The van der Waals surface area contributed by atoms with Gasteiger partial charge >= 0.3 is 0 Å². The van der Waals surface area contributed by atoms with Gasteiger partial charge in [-0.25, -0.2) is 0 Å². The number of aliphatic hydroxyl groups is 1. The van der Waals surface area contributed by atoms with Crippen LogP contribution in [-0.4, -0.2) is 29.6 Å². The van der Waals surface area contributed by atoms with Crippen LogP contribution in [-0.2, 0) is 0 Å². The van der Waals surface area contributed by atoms with Crippen molar-refractivity contribution in [2.45, 2.75) is 45.6 Å². The second-order valence-corrected chi connectivity index (χ2v) is 5.99. The SMILES string of the molecule is CCCCN(CCCC)CC(O)c1cccc(Br)c1. The first-order chi connectivity index (χ1) is 9.17. The number of hydrogen-bond acceptors (Lipinski definition) is 2. The van der Waals surface area contributed by atoms with Crippen molar-refractivity contribution >= 4 is 15.9 Å². The number of hydrogen-bond donors (Lipinski definition) is 1. The van der Waals surface area contributed by atoms with Crippen LogP contribution in [0.25, 0.3) is 0 Å². The first kappa shape index (κ1) is 16.7. The maximum Gasteiger partial charge on any atom is 0.0917 e. The van der Waals surface area contributed by atoms with E-state index in [4.69, 9.17) is 0 Å². The molecule has 3 heteroatoms. The molecule has 19 heavy (non-hydrogen) atoms. The van der Waals surface area contributed by atoms with Crippen LogP contribution < -0.4 is 0 Å². The predicted octanol–water partition coefficient (Wildman–Crippen LogP) is 4.38. The largest absolute Gasteiger partial charge is 0.387 e. The van der Waals surface area contributed by atoms with Crippen LogP contribution >= 0.6 is 15.9 Å². The van der Waals surface area contributed by atoms with Crippen molar-refractivity contribution in [3.63, 3.8) is 0 Å². The summed E-state index contributed by atoms with van der Waals surface area (Å²) in [7, 11) is 0. The van der Waals surface area contributed by atoms with Gasteiger partial charge in [0.15, 0.2) is 0 Å². The molecule has 0 aliphatic heterocycles. The lowest BCUT2D eigenvalue weighted by atomic mass is 10.1. The lowest BCUT2D eigenvalue weighted by Gasteiger charge is -2.25. The van der Waals surface area contributed by atoms with Crippen molar-refractivity contribution in [1.82, 2.24) is 4.90 Å². The molecule has 0 aromatic heterocycles. The molecule has 0 heterocycles. The molecule has 1 aromatic carbocycles. The number of nitrogens with zero attached hydrogens (tertiary/aromatic N) is 1. The summed E-state index contributed by atoms with van der Waals surface area (Å²) in [6.45, 7) is 7.32. The summed E-state index contributed by atoms with van der Waals surface area (Å²) >= 11 is 3.46. The summed E-state index contributed by atoms with van der Waals surface area (Å²) in [6.07, 6.45) is 4.42. The molecule has 1 rings (SSSR count). The fraction of sp³-hybridized carbons (Fsp3) is 0.625. The summed E-state index contributed by atoms with van der Waals surface area (Å²) in [6, 6.07) is 7.96. The molecule has 1 aromatic rings. The highest BCUT2D eigenvalue weighted by Gasteiger charge is 2.13. The van der Waals surface area contributed by atoms with Gasteiger partial charge in [0, 0.05) is 11.0 Å². The Hall–Kier alpha value is -0.380. The lowest BCUT2D eigenvalue weighted by molar-refractivity contribution is 0.111. The standard InChI is InChI=1S/C16H26BrNO/c1-3-5-10-18(11-6-4-2)13-16(19)14-8-7-9-15(17)12-14/h7-9,12,16,19H,3-6,10-11,13H2,1-2H3. The van der Waals surface area contributed by atoms with Crippen LogP contribution in [0, 0.1) is 0 Å². The van der Waals surface area contributed by atoms with Gasteiger partial charge in [0.25, 0.3) is 0 Å². The molecule has 0 aliphatic rings. The van der Waals surface area contributed by atoms with Gasteiger partial charge in [0.2, 0.25) is 0 Å². The Labute approximate surface area is 126 Å². The Balaban J connectivity index is 2.56. The van der Waals surface area contributed by atoms with Crippen LogP contribution in [0.3, 0.4) is 0 Å². The van der Waals surface area contributed by atoms with Crippen LogP contribution in [0.15, 0.2) is 28.7 Å². The zero-order chi connectivity index (χ0) is 14.1. The minimum Gasteiger partial charge on any atom is -0.387 e. The van der Waals surface area contributed by atoms with Gasteiger partial charge in [0.1, 0.15) is 0 Å². The zero-order valence-corrected chi connectivity index (χ0v) is 13.7. The fourth-order valence-corrected chi connectivity index (χ4v) is 2.54. The second-order valence-electron chi connectivity index (χ2n) is 5.08. The van der Waals surface area contributed by atoms with E-state index >= 15 is 0 Å². The minimum atomic E-state index is -0.397. The van der Waals surface area contributed by atoms with Gasteiger partial charge in [0.05, 0.1) is 6.10 Å². The lowest BCUT2D eigenvalue weighted by Crippen LogP contribution is -2.30. The molecule has 0 fully saturated rings. The van der Waals surface area contributed by atoms with Crippen LogP contribution in [0.2, 0.25) is 0 Å². The molecule has 1 N–H and O–H groups in total. The Morgan fingerprint density at radius 2 is 1.79 bits per heavy atom. The molecule has 0 amide bonds. The molecule has 1 atom stereocenters. The van der Waals surface area contributed by atoms with Gasteiger partial charge in [-0.15, -0.1) is 0 Å². The highest BCUT2D eigenvalue weighted by Crippen LogP contribution is 2.19. The molecule has 0 spiro atoms. The van der Waals surface area contributed by atoms with Crippen molar-refractivity contribution in [3.8, 4) is 0 Å². The maximum atomic E-state index is 10.4. The van der Waals surface area contributed by atoms with E-state index in [0.717, 1.165) is 29.7 Å². The van der Waals surface area contributed by atoms with E-state index in [1.807, 2.05) is 24.3 Å². The quantitative estimate of drug-likeness (QED) is 0.727. The monoisotopic (exact) mass is 327 g/mol. The van der Waals surface area contributed by atoms with Gasteiger partial charge in [-0.1, -0.05) is 54.8 Å². The van der Waals surface area contributed by atoms with Gasteiger partial charge < -0.3 is 10.0 Å². The third-order valence-corrected chi connectivity index (χ3v) is 3.81. The van der Waals surface area contributed by atoms with E-state index < -0.39 is 6.10 Å². The van der Waals surface area contributed by atoms with Gasteiger partial charge in [-0.3, -0.25) is 0 Å². The molecule has 2 nitrogen and oxygen atoms in total. The van der Waals surface area contributed by atoms with Crippen LogP contribution in [0.1, 0.15) is 51.2 Å². The third-order valence-electron chi connectivity index (χ3n) is 3.32. The van der Waals surface area contributed by atoms with E-state index in [2.05, 4.69) is 34.7 Å². The fourth-order valence-electron chi connectivity index (χ4n) is 2.12. The summed E-state index contributed by atoms with van der Waals surface area (Å²) in [5.74, 6) is 0. The Morgan fingerprint density at radius 1 is 1.16 bits per heavy atom. The second kappa shape index (κ2) is 9.51.